The molecule has 2 aromatic rings. The summed E-state index contributed by atoms with van der Waals surface area (Å²) in [6, 6.07) is 6.98. The summed E-state index contributed by atoms with van der Waals surface area (Å²) in [4.78, 5) is 23.0. The van der Waals surface area contributed by atoms with Crippen LogP contribution in [0.3, 0.4) is 0 Å². The molecule has 0 saturated heterocycles. The van der Waals surface area contributed by atoms with E-state index in [0.29, 0.717) is 25.1 Å². The molecule has 0 unspecified atom stereocenters. The van der Waals surface area contributed by atoms with Gasteiger partial charge in [-0.2, -0.15) is 0 Å². The van der Waals surface area contributed by atoms with Crippen LogP contribution in [0.2, 0.25) is 5.02 Å². The molecule has 0 bridgehead atoms. The second-order valence-corrected chi connectivity index (χ2v) is 8.02. The van der Waals surface area contributed by atoms with Crippen LogP contribution in [-0.4, -0.2) is 23.5 Å². The van der Waals surface area contributed by atoms with Crippen molar-refractivity contribution in [2.45, 2.75) is 38.5 Å². The predicted molar refractivity (Wildman–Crippen MR) is 116 cm³/mol. The molecule has 162 valence electrons. The molecular formula is C21H22BrClF2N2O3. The van der Waals surface area contributed by atoms with E-state index in [-0.39, 0.29) is 22.7 Å². The summed E-state index contributed by atoms with van der Waals surface area (Å²) in [6.45, 7) is 0.370. The van der Waals surface area contributed by atoms with Crippen LogP contribution in [0.15, 0.2) is 34.8 Å². The van der Waals surface area contributed by atoms with Gasteiger partial charge in [0.15, 0.2) is 11.6 Å². The molecule has 0 saturated carbocycles. The van der Waals surface area contributed by atoms with Crippen molar-refractivity contribution in [1.82, 2.24) is 5.32 Å². The Morgan fingerprint density at radius 2 is 1.73 bits per heavy atom. The number of nitrogens with one attached hydrogen (secondary N) is 2. The maximum absolute atomic E-state index is 14.4. The molecule has 1 amide bonds. The van der Waals surface area contributed by atoms with Crippen molar-refractivity contribution >= 4 is 50.8 Å². The highest BCUT2D eigenvalue weighted by Crippen LogP contribution is 2.32. The third-order valence-corrected chi connectivity index (χ3v) is 5.19. The van der Waals surface area contributed by atoms with Gasteiger partial charge in [-0.3, -0.25) is 9.59 Å². The predicted octanol–water partition coefficient (Wildman–Crippen LogP) is 6.28. The molecule has 0 atom stereocenters. The fourth-order valence-electron chi connectivity index (χ4n) is 2.82. The Balaban J connectivity index is 1.97. The van der Waals surface area contributed by atoms with E-state index in [4.69, 9.17) is 16.7 Å². The maximum Gasteiger partial charge on any atom is 0.303 e. The van der Waals surface area contributed by atoms with Crippen molar-refractivity contribution in [2.24, 2.45) is 0 Å². The molecule has 3 N–H and O–H groups in total. The van der Waals surface area contributed by atoms with Crippen molar-refractivity contribution in [3.05, 3.63) is 57.0 Å². The minimum atomic E-state index is -1.17. The lowest BCUT2D eigenvalue weighted by molar-refractivity contribution is -0.137. The number of unbranched alkanes of at least 4 members (excludes halogenated alkanes) is 4. The minimum Gasteiger partial charge on any atom is -0.481 e. The van der Waals surface area contributed by atoms with E-state index < -0.39 is 23.5 Å². The second-order valence-electron chi connectivity index (χ2n) is 6.70. The van der Waals surface area contributed by atoms with Crippen molar-refractivity contribution < 1.29 is 23.5 Å². The van der Waals surface area contributed by atoms with Crippen LogP contribution in [0.5, 0.6) is 0 Å². The quantitative estimate of drug-likeness (QED) is 0.315. The Morgan fingerprint density at radius 1 is 1.03 bits per heavy atom. The van der Waals surface area contributed by atoms with Crippen LogP contribution in [0.4, 0.5) is 20.2 Å². The lowest BCUT2D eigenvalue weighted by Gasteiger charge is -2.15. The number of amides is 1. The Morgan fingerprint density at radius 3 is 2.43 bits per heavy atom. The first kappa shape index (κ1) is 24.1. The topological polar surface area (TPSA) is 78.4 Å². The molecule has 30 heavy (non-hydrogen) atoms. The molecule has 2 aromatic carbocycles. The number of halogens is 4. The zero-order valence-electron chi connectivity index (χ0n) is 16.1. The Hall–Kier alpha value is -2.19. The van der Waals surface area contributed by atoms with Gasteiger partial charge in [-0.1, -0.05) is 46.8 Å². The fourth-order valence-corrected chi connectivity index (χ4v) is 3.54. The maximum atomic E-state index is 14.4. The SMILES string of the molecule is O=C(O)CCCCCCCNC(=O)c1ccc(F)c(F)c1Nc1ccc(Br)cc1Cl. The standard InChI is InChI=1S/C21H22BrClF2N2O3/c22-13-7-10-17(15(23)12-13)27-20-14(8-9-16(24)19(20)25)21(30)26-11-5-3-1-2-4-6-18(28)29/h7-10,12,27H,1-6,11H2,(H,26,30)(H,28,29). The molecule has 0 aliphatic heterocycles. The van der Waals surface area contributed by atoms with E-state index in [1.807, 2.05) is 0 Å². The van der Waals surface area contributed by atoms with Gasteiger partial charge in [0, 0.05) is 17.4 Å². The van der Waals surface area contributed by atoms with Gasteiger partial charge in [0.05, 0.1) is 22.0 Å². The molecule has 0 radical (unpaired) electrons. The van der Waals surface area contributed by atoms with Crippen LogP contribution in [0.1, 0.15) is 48.9 Å². The van der Waals surface area contributed by atoms with Gasteiger partial charge in [0.2, 0.25) is 0 Å². The second kappa shape index (κ2) is 11.9. The lowest BCUT2D eigenvalue weighted by atomic mass is 10.1. The highest BCUT2D eigenvalue weighted by Gasteiger charge is 2.19. The summed E-state index contributed by atoms with van der Waals surface area (Å²) in [6.07, 6.45) is 3.99. The molecule has 0 aromatic heterocycles. The molecule has 0 fully saturated rings. The van der Waals surface area contributed by atoms with Gasteiger partial charge in [-0.05, 0) is 43.2 Å². The van der Waals surface area contributed by atoms with Gasteiger partial charge in [-0.25, -0.2) is 8.78 Å². The average molecular weight is 504 g/mol. The number of benzene rings is 2. The van der Waals surface area contributed by atoms with E-state index in [1.165, 1.54) is 6.07 Å². The first-order valence-electron chi connectivity index (χ1n) is 9.49. The van der Waals surface area contributed by atoms with Crippen molar-refractivity contribution in [2.75, 3.05) is 11.9 Å². The van der Waals surface area contributed by atoms with E-state index in [9.17, 15) is 18.4 Å². The first-order valence-corrected chi connectivity index (χ1v) is 10.7. The number of hydrogen-bond acceptors (Lipinski definition) is 3. The highest BCUT2D eigenvalue weighted by atomic mass is 79.9. The van der Waals surface area contributed by atoms with Crippen LogP contribution < -0.4 is 10.6 Å². The number of carboxylic acids is 1. The molecule has 0 spiro atoms. The summed E-state index contributed by atoms with van der Waals surface area (Å²) < 4.78 is 28.9. The van der Waals surface area contributed by atoms with Crippen molar-refractivity contribution in [1.29, 1.82) is 0 Å². The smallest absolute Gasteiger partial charge is 0.303 e. The highest BCUT2D eigenvalue weighted by molar-refractivity contribution is 9.10. The van der Waals surface area contributed by atoms with Crippen LogP contribution in [0.25, 0.3) is 0 Å². The summed E-state index contributed by atoms with van der Waals surface area (Å²) >= 11 is 9.40. The Kier molecular flexibility index (Phi) is 9.52. The average Bonchev–Trinajstić information content (AvgIpc) is 2.69. The first-order chi connectivity index (χ1) is 14.3. The number of hydrogen-bond donors (Lipinski definition) is 3. The number of aliphatic carboxylic acids is 1. The third-order valence-electron chi connectivity index (χ3n) is 4.38. The molecule has 0 aliphatic rings. The molecule has 2 rings (SSSR count). The van der Waals surface area contributed by atoms with E-state index in [0.717, 1.165) is 29.8 Å². The fraction of sp³-hybridized carbons (Fsp3) is 0.333. The van der Waals surface area contributed by atoms with Crippen LogP contribution in [-0.2, 0) is 4.79 Å². The van der Waals surface area contributed by atoms with Gasteiger partial charge >= 0.3 is 5.97 Å². The zero-order valence-corrected chi connectivity index (χ0v) is 18.5. The number of carbonyl (C=O) groups excluding carboxylic acids is 1. The summed E-state index contributed by atoms with van der Waals surface area (Å²) in [5.41, 5.74) is 0.0134. The number of carbonyl (C=O) groups is 2. The van der Waals surface area contributed by atoms with Crippen molar-refractivity contribution in [3.63, 3.8) is 0 Å². The molecule has 5 nitrogen and oxygen atoms in total. The van der Waals surface area contributed by atoms with E-state index in [2.05, 4.69) is 26.6 Å². The number of rotatable bonds is 11. The Labute approximate surface area is 186 Å². The monoisotopic (exact) mass is 502 g/mol. The van der Waals surface area contributed by atoms with Crippen LogP contribution >= 0.6 is 27.5 Å². The van der Waals surface area contributed by atoms with Crippen LogP contribution in [0, 0.1) is 11.6 Å². The largest absolute Gasteiger partial charge is 0.481 e. The number of carboxylic acid groups (broad SMARTS) is 1. The Bertz CT molecular complexity index is 912. The molecule has 9 heteroatoms. The molecule has 0 aliphatic carbocycles. The minimum absolute atomic E-state index is 0.0330. The zero-order chi connectivity index (χ0) is 22.1. The van der Waals surface area contributed by atoms with Gasteiger partial charge < -0.3 is 15.7 Å². The lowest BCUT2D eigenvalue weighted by Crippen LogP contribution is -2.25. The summed E-state index contributed by atoms with van der Waals surface area (Å²) in [7, 11) is 0. The normalized spacial score (nSPS) is 10.7. The van der Waals surface area contributed by atoms with E-state index in [1.54, 1.807) is 18.2 Å². The van der Waals surface area contributed by atoms with Crippen molar-refractivity contribution in [3.8, 4) is 0 Å². The third kappa shape index (κ3) is 7.25. The van der Waals surface area contributed by atoms with E-state index >= 15 is 0 Å². The van der Waals surface area contributed by atoms with Gasteiger partial charge in [0.25, 0.3) is 5.91 Å². The van der Waals surface area contributed by atoms with Gasteiger partial charge in [-0.15, -0.1) is 0 Å². The number of anilines is 2. The summed E-state index contributed by atoms with van der Waals surface area (Å²) in [5.74, 6) is -3.58. The molecule has 0 heterocycles. The molecular weight excluding hydrogens is 482 g/mol. The summed E-state index contributed by atoms with van der Waals surface area (Å²) in [5, 5.41) is 14.3. The van der Waals surface area contributed by atoms with Gasteiger partial charge in [0.1, 0.15) is 0 Å².